The van der Waals surface area contributed by atoms with Crippen molar-refractivity contribution < 1.29 is 9.59 Å². The van der Waals surface area contributed by atoms with Gasteiger partial charge >= 0.3 is 0 Å². The van der Waals surface area contributed by atoms with Crippen LogP contribution >= 0.6 is 0 Å². The zero-order valence-corrected chi connectivity index (χ0v) is 16.1. The second-order valence-electron chi connectivity index (χ2n) is 7.16. The quantitative estimate of drug-likeness (QED) is 0.418. The standard InChI is InChI=1S/C22H26N4O2/c1-15(16-7-11-19(23)12-8-16)25-26-22(28)18-9-13-20(14-10-18)24-21(27)17-5-3-2-4-6-17/h7-14,17H,2-6,23H2,1H3,(H,24,27)(H,26,28)/b25-15+. The van der Waals surface area contributed by atoms with Crippen molar-refractivity contribution in [3.63, 3.8) is 0 Å². The Morgan fingerprint density at radius 3 is 2.18 bits per heavy atom. The molecule has 6 heteroatoms. The molecule has 2 aromatic carbocycles. The summed E-state index contributed by atoms with van der Waals surface area (Å²) in [6, 6.07) is 14.1. The van der Waals surface area contributed by atoms with E-state index in [1.54, 1.807) is 36.4 Å². The molecule has 3 rings (SSSR count). The predicted molar refractivity (Wildman–Crippen MR) is 112 cm³/mol. The maximum Gasteiger partial charge on any atom is 0.271 e. The first kappa shape index (κ1) is 19.6. The third-order valence-electron chi connectivity index (χ3n) is 5.04. The Kier molecular flexibility index (Phi) is 6.42. The summed E-state index contributed by atoms with van der Waals surface area (Å²) in [4.78, 5) is 24.6. The second-order valence-corrected chi connectivity index (χ2v) is 7.16. The van der Waals surface area contributed by atoms with Crippen molar-refractivity contribution >= 4 is 28.9 Å². The van der Waals surface area contributed by atoms with Crippen LogP contribution in [0.5, 0.6) is 0 Å². The summed E-state index contributed by atoms with van der Waals surface area (Å²) < 4.78 is 0. The molecule has 0 heterocycles. The Hall–Kier alpha value is -3.15. The van der Waals surface area contributed by atoms with Crippen LogP contribution in [-0.2, 0) is 4.79 Å². The second kappa shape index (κ2) is 9.17. The number of rotatable bonds is 5. The van der Waals surface area contributed by atoms with Crippen molar-refractivity contribution in [3.05, 3.63) is 59.7 Å². The normalized spacial score (nSPS) is 15.1. The molecule has 1 saturated carbocycles. The zero-order chi connectivity index (χ0) is 19.9. The average molecular weight is 378 g/mol. The van der Waals surface area contributed by atoms with Crippen LogP contribution in [0.4, 0.5) is 11.4 Å². The number of nitrogens with zero attached hydrogens (tertiary/aromatic N) is 1. The molecule has 28 heavy (non-hydrogen) atoms. The van der Waals surface area contributed by atoms with Crippen molar-refractivity contribution in [2.45, 2.75) is 39.0 Å². The number of carbonyl (C=O) groups is 2. The van der Waals surface area contributed by atoms with Crippen LogP contribution in [0.3, 0.4) is 0 Å². The van der Waals surface area contributed by atoms with E-state index in [-0.39, 0.29) is 17.7 Å². The number of nitrogens with two attached hydrogens (primary N) is 1. The molecule has 0 spiro atoms. The molecule has 2 amide bonds. The SMILES string of the molecule is C/C(=N\NC(=O)c1ccc(NC(=O)C2CCCCC2)cc1)c1ccc(N)cc1. The molecule has 0 saturated heterocycles. The van der Waals surface area contributed by atoms with Crippen molar-refractivity contribution in [3.8, 4) is 0 Å². The number of anilines is 2. The van der Waals surface area contributed by atoms with Crippen molar-refractivity contribution in [1.29, 1.82) is 0 Å². The van der Waals surface area contributed by atoms with Crippen molar-refractivity contribution in [1.82, 2.24) is 5.43 Å². The van der Waals surface area contributed by atoms with Crippen molar-refractivity contribution in [2.24, 2.45) is 11.0 Å². The van der Waals surface area contributed by atoms with Gasteiger partial charge in [-0.25, -0.2) is 5.43 Å². The number of hydrazone groups is 1. The highest BCUT2D eigenvalue weighted by Gasteiger charge is 2.21. The van der Waals surface area contributed by atoms with E-state index in [1.165, 1.54) is 6.42 Å². The average Bonchev–Trinajstić information content (AvgIpc) is 2.73. The minimum Gasteiger partial charge on any atom is -0.399 e. The molecule has 2 aromatic rings. The van der Waals surface area contributed by atoms with Crippen LogP contribution in [0.1, 0.15) is 54.9 Å². The van der Waals surface area contributed by atoms with Crippen LogP contribution in [0.25, 0.3) is 0 Å². The Morgan fingerprint density at radius 1 is 0.929 bits per heavy atom. The third-order valence-corrected chi connectivity index (χ3v) is 5.04. The monoisotopic (exact) mass is 378 g/mol. The minimum absolute atomic E-state index is 0.0700. The fourth-order valence-corrected chi connectivity index (χ4v) is 3.30. The van der Waals surface area contributed by atoms with Crippen LogP contribution in [-0.4, -0.2) is 17.5 Å². The molecule has 0 radical (unpaired) electrons. The summed E-state index contributed by atoms with van der Waals surface area (Å²) in [6.07, 6.45) is 5.37. The lowest BCUT2D eigenvalue weighted by Crippen LogP contribution is -2.24. The first-order chi connectivity index (χ1) is 13.5. The highest BCUT2D eigenvalue weighted by atomic mass is 16.2. The Balaban J connectivity index is 1.56. The Morgan fingerprint density at radius 2 is 1.54 bits per heavy atom. The molecular weight excluding hydrogens is 352 g/mol. The van der Waals surface area contributed by atoms with E-state index in [1.807, 2.05) is 19.1 Å². The van der Waals surface area contributed by atoms with Gasteiger partial charge < -0.3 is 11.1 Å². The molecule has 6 nitrogen and oxygen atoms in total. The van der Waals surface area contributed by atoms with Gasteiger partial charge in [0.15, 0.2) is 0 Å². The van der Waals surface area contributed by atoms with Gasteiger partial charge in [0.2, 0.25) is 5.91 Å². The number of nitrogen functional groups attached to an aromatic ring is 1. The lowest BCUT2D eigenvalue weighted by Gasteiger charge is -2.20. The number of amides is 2. The van der Waals surface area contributed by atoms with E-state index >= 15 is 0 Å². The van der Waals surface area contributed by atoms with E-state index in [2.05, 4.69) is 15.8 Å². The highest BCUT2D eigenvalue weighted by Crippen LogP contribution is 2.25. The predicted octanol–water partition coefficient (Wildman–Crippen LogP) is 3.94. The van der Waals surface area contributed by atoms with Gasteiger partial charge in [-0.15, -0.1) is 0 Å². The fourth-order valence-electron chi connectivity index (χ4n) is 3.30. The van der Waals surface area contributed by atoms with Crippen LogP contribution < -0.4 is 16.5 Å². The maximum absolute atomic E-state index is 12.3. The summed E-state index contributed by atoms with van der Waals surface area (Å²) in [5.74, 6) is -0.136. The van der Waals surface area contributed by atoms with E-state index in [9.17, 15) is 9.59 Å². The Bertz CT molecular complexity index is 851. The van der Waals surface area contributed by atoms with Gasteiger partial charge in [0.25, 0.3) is 5.91 Å². The molecule has 146 valence electrons. The molecule has 4 N–H and O–H groups in total. The minimum atomic E-state index is -0.306. The van der Waals surface area contributed by atoms with E-state index in [0.29, 0.717) is 22.6 Å². The zero-order valence-electron chi connectivity index (χ0n) is 16.1. The molecule has 0 bridgehead atoms. The Labute approximate surface area is 165 Å². The summed E-state index contributed by atoms with van der Waals surface area (Å²) in [7, 11) is 0. The van der Waals surface area contributed by atoms with Gasteiger partial charge in [0.05, 0.1) is 5.71 Å². The summed E-state index contributed by atoms with van der Waals surface area (Å²) in [6.45, 7) is 1.82. The molecular formula is C22H26N4O2. The summed E-state index contributed by atoms with van der Waals surface area (Å²) >= 11 is 0. The lowest BCUT2D eigenvalue weighted by atomic mass is 9.88. The van der Waals surface area contributed by atoms with Crippen LogP contribution in [0.2, 0.25) is 0 Å². The smallest absolute Gasteiger partial charge is 0.271 e. The van der Waals surface area contributed by atoms with Gasteiger partial charge in [-0.05, 0) is 61.7 Å². The van der Waals surface area contributed by atoms with Crippen molar-refractivity contribution in [2.75, 3.05) is 11.1 Å². The molecule has 0 atom stereocenters. The first-order valence-electron chi connectivity index (χ1n) is 9.64. The number of hydrogen-bond donors (Lipinski definition) is 3. The fraction of sp³-hybridized carbons (Fsp3) is 0.318. The van der Waals surface area contributed by atoms with Gasteiger partial charge in [-0.3, -0.25) is 9.59 Å². The third kappa shape index (κ3) is 5.19. The van der Waals surface area contributed by atoms with Crippen LogP contribution in [0.15, 0.2) is 53.6 Å². The number of hydrogen-bond acceptors (Lipinski definition) is 4. The van der Waals surface area contributed by atoms with Gasteiger partial charge in [0, 0.05) is 22.9 Å². The maximum atomic E-state index is 12.3. The first-order valence-corrected chi connectivity index (χ1v) is 9.64. The molecule has 1 aliphatic carbocycles. The molecule has 0 aromatic heterocycles. The number of carbonyl (C=O) groups excluding carboxylic acids is 2. The van der Waals surface area contributed by atoms with E-state index in [0.717, 1.165) is 31.2 Å². The summed E-state index contributed by atoms with van der Waals surface area (Å²) in [5, 5.41) is 7.08. The number of nitrogens with one attached hydrogen (secondary N) is 2. The number of benzene rings is 2. The van der Waals surface area contributed by atoms with E-state index < -0.39 is 0 Å². The largest absolute Gasteiger partial charge is 0.399 e. The van der Waals surface area contributed by atoms with E-state index in [4.69, 9.17) is 5.73 Å². The topological polar surface area (TPSA) is 96.6 Å². The van der Waals surface area contributed by atoms with Gasteiger partial charge in [-0.2, -0.15) is 5.10 Å². The molecule has 0 unspecified atom stereocenters. The summed E-state index contributed by atoms with van der Waals surface area (Å²) in [5.41, 5.74) is 11.7. The van der Waals surface area contributed by atoms with Gasteiger partial charge in [0.1, 0.15) is 0 Å². The molecule has 1 fully saturated rings. The van der Waals surface area contributed by atoms with Gasteiger partial charge in [-0.1, -0.05) is 31.4 Å². The molecule has 0 aliphatic heterocycles. The van der Waals surface area contributed by atoms with Crippen LogP contribution in [0, 0.1) is 5.92 Å². The lowest BCUT2D eigenvalue weighted by molar-refractivity contribution is -0.120. The highest BCUT2D eigenvalue weighted by molar-refractivity contribution is 6.01. The molecule has 1 aliphatic rings.